The summed E-state index contributed by atoms with van der Waals surface area (Å²) in [5.41, 5.74) is 5.27. The van der Waals surface area contributed by atoms with Crippen LogP contribution in [0, 0.1) is 6.92 Å². The lowest BCUT2D eigenvalue weighted by atomic mass is 10.2. The number of hydrogen-bond donors (Lipinski definition) is 2. The predicted molar refractivity (Wildman–Crippen MR) is 44.1 cm³/mol. The van der Waals surface area contributed by atoms with Crippen LogP contribution >= 0.6 is 11.5 Å². The molecule has 0 aliphatic heterocycles. The molecular formula is C6H9N3O2S. The minimum absolute atomic E-state index is 0.0595. The van der Waals surface area contributed by atoms with Crippen molar-refractivity contribution in [3.8, 4) is 0 Å². The average Bonchev–Trinajstić information content (AvgIpc) is 2.37. The van der Waals surface area contributed by atoms with Gasteiger partial charge in [-0.05, 0) is 18.5 Å². The maximum absolute atomic E-state index is 10.6. The molecule has 66 valence electrons. The van der Waals surface area contributed by atoms with Crippen LogP contribution in [0.5, 0.6) is 0 Å². The Balaban J connectivity index is 2.87. The summed E-state index contributed by atoms with van der Waals surface area (Å²) >= 11 is 1.09. The van der Waals surface area contributed by atoms with E-state index in [1.165, 1.54) is 0 Å². The molecule has 6 heteroatoms. The van der Waals surface area contributed by atoms with Gasteiger partial charge in [0.25, 0.3) is 0 Å². The van der Waals surface area contributed by atoms with Crippen molar-refractivity contribution in [3.05, 3.63) is 10.8 Å². The van der Waals surface area contributed by atoms with E-state index in [4.69, 9.17) is 10.8 Å². The molecule has 0 aromatic carbocycles. The van der Waals surface area contributed by atoms with Crippen LogP contribution in [0.1, 0.15) is 16.7 Å². The summed E-state index contributed by atoms with van der Waals surface area (Å²) in [7, 11) is 0. The molecule has 0 saturated heterocycles. The first-order valence-electron chi connectivity index (χ1n) is 3.38. The van der Waals surface area contributed by atoms with Gasteiger partial charge in [-0.1, -0.05) is 0 Å². The largest absolute Gasteiger partial charge is 0.481 e. The molecule has 12 heavy (non-hydrogen) atoms. The molecule has 1 heterocycles. The highest BCUT2D eigenvalue weighted by molar-refractivity contribution is 7.05. The van der Waals surface area contributed by atoms with E-state index in [0.29, 0.717) is 10.8 Å². The van der Waals surface area contributed by atoms with Crippen LogP contribution in [-0.4, -0.2) is 27.0 Å². The van der Waals surface area contributed by atoms with Crippen LogP contribution in [0.25, 0.3) is 0 Å². The second-order valence-corrected chi connectivity index (χ2v) is 3.09. The number of carboxylic acid groups (broad SMARTS) is 1. The van der Waals surface area contributed by atoms with Gasteiger partial charge in [0.1, 0.15) is 16.7 Å². The van der Waals surface area contributed by atoms with Crippen molar-refractivity contribution in [3.63, 3.8) is 0 Å². The first-order chi connectivity index (χ1) is 5.65. The number of hydrogen-bond acceptors (Lipinski definition) is 5. The molecule has 1 aromatic rings. The third kappa shape index (κ3) is 1.77. The third-order valence-electron chi connectivity index (χ3n) is 1.38. The van der Waals surface area contributed by atoms with E-state index in [2.05, 4.69) is 9.36 Å². The van der Waals surface area contributed by atoms with E-state index in [1.807, 2.05) is 0 Å². The van der Waals surface area contributed by atoms with Gasteiger partial charge in [0.2, 0.25) is 0 Å². The zero-order valence-electron chi connectivity index (χ0n) is 6.52. The van der Waals surface area contributed by atoms with E-state index in [-0.39, 0.29) is 6.54 Å². The van der Waals surface area contributed by atoms with Crippen LogP contribution in [-0.2, 0) is 4.79 Å². The lowest BCUT2D eigenvalue weighted by Gasteiger charge is -2.02. The van der Waals surface area contributed by atoms with Crippen molar-refractivity contribution in [2.24, 2.45) is 5.73 Å². The van der Waals surface area contributed by atoms with Gasteiger partial charge < -0.3 is 10.8 Å². The standard InChI is InChI=1S/C6H9N3O2S/c1-3-8-5(12-9-3)4(2-7)6(10)11/h4H,2,7H2,1H3,(H,10,11). The Morgan fingerprint density at radius 1 is 1.83 bits per heavy atom. The maximum atomic E-state index is 10.6. The number of carbonyl (C=O) groups is 1. The summed E-state index contributed by atoms with van der Waals surface area (Å²) in [5.74, 6) is -1.07. The zero-order valence-corrected chi connectivity index (χ0v) is 7.34. The van der Waals surface area contributed by atoms with Gasteiger partial charge in [-0.2, -0.15) is 4.37 Å². The monoisotopic (exact) mass is 187 g/mol. The highest BCUT2D eigenvalue weighted by atomic mass is 32.1. The molecule has 1 atom stereocenters. The van der Waals surface area contributed by atoms with Crippen LogP contribution in [0.4, 0.5) is 0 Å². The lowest BCUT2D eigenvalue weighted by molar-refractivity contribution is -0.138. The van der Waals surface area contributed by atoms with Gasteiger partial charge >= 0.3 is 5.97 Å². The molecule has 0 amide bonds. The number of carboxylic acids is 1. The highest BCUT2D eigenvalue weighted by Crippen LogP contribution is 2.16. The molecule has 1 rings (SSSR count). The van der Waals surface area contributed by atoms with Gasteiger partial charge in [0.05, 0.1) is 0 Å². The summed E-state index contributed by atoms with van der Waals surface area (Å²) in [6.07, 6.45) is 0. The Labute approximate surface area is 73.4 Å². The Kier molecular flexibility index (Phi) is 2.72. The Hall–Kier alpha value is -1.01. The topological polar surface area (TPSA) is 89.1 Å². The van der Waals surface area contributed by atoms with Crippen molar-refractivity contribution < 1.29 is 9.90 Å². The second-order valence-electron chi connectivity index (χ2n) is 2.31. The van der Waals surface area contributed by atoms with Crippen molar-refractivity contribution in [2.75, 3.05) is 6.54 Å². The van der Waals surface area contributed by atoms with Crippen molar-refractivity contribution in [2.45, 2.75) is 12.8 Å². The smallest absolute Gasteiger partial charge is 0.314 e. The van der Waals surface area contributed by atoms with Crippen LogP contribution in [0.3, 0.4) is 0 Å². The number of aliphatic carboxylic acids is 1. The molecular weight excluding hydrogens is 178 g/mol. The highest BCUT2D eigenvalue weighted by Gasteiger charge is 2.21. The molecule has 3 N–H and O–H groups in total. The fourth-order valence-electron chi connectivity index (χ4n) is 0.762. The van der Waals surface area contributed by atoms with E-state index < -0.39 is 11.9 Å². The summed E-state index contributed by atoms with van der Waals surface area (Å²) in [5, 5.41) is 9.17. The summed E-state index contributed by atoms with van der Waals surface area (Å²) in [6, 6.07) is 0. The normalized spacial score (nSPS) is 12.8. The fourth-order valence-corrected chi connectivity index (χ4v) is 1.53. The molecule has 0 spiro atoms. The zero-order chi connectivity index (χ0) is 9.14. The molecule has 0 aliphatic rings. The molecule has 1 unspecified atom stereocenters. The van der Waals surface area contributed by atoms with Crippen LogP contribution in [0.2, 0.25) is 0 Å². The fraction of sp³-hybridized carbons (Fsp3) is 0.500. The van der Waals surface area contributed by atoms with Crippen LogP contribution < -0.4 is 5.73 Å². The Bertz CT molecular complexity index is 286. The lowest BCUT2D eigenvalue weighted by Crippen LogP contribution is -2.20. The molecule has 0 bridgehead atoms. The van der Waals surface area contributed by atoms with Crippen molar-refractivity contribution in [1.29, 1.82) is 0 Å². The van der Waals surface area contributed by atoms with Gasteiger partial charge in [0.15, 0.2) is 0 Å². The molecule has 1 aromatic heterocycles. The van der Waals surface area contributed by atoms with Gasteiger partial charge in [-0.25, -0.2) is 4.98 Å². The number of nitrogens with zero attached hydrogens (tertiary/aromatic N) is 2. The molecule has 0 radical (unpaired) electrons. The molecule has 0 saturated carbocycles. The number of rotatable bonds is 3. The van der Waals surface area contributed by atoms with Gasteiger partial charge in [-0.3, -0.25) is 4.79 Å². The molecule has 0 aliphatic carbocycles. The summed E-state index contributed by atoms with van der Waals surface area (Å²) in [6.45, 7) is 1.78. The van der Waals surface area contributed by atoms with Gasteiger partial charge in [0, 0.05) is 6.54 Å². The Morgan fingerprint density at radius 2 is 2.50 bits per heavy atom. The minimum atomic E-state index is -0.950. The summed E-state index contributed by atoms with van der Waals surface area (Å²) in [4.78, 5) is 14.5. The van der Waals surface area contributed by atoms with E-state index >= 15 is 0 Å². The van der Waals surface area contributed by atoms with E-state index in [0.717, 1.165) is 11.5 Å². The second kappa shape index (κ2) is 3.59. The third-order valence-corrected chi connectivity index (χ3v) is 2.29. The quantitative estimate of drug-likeness (QED) is 0.693. The maximum Gasteiger partial charge on any atom is 0.314 e. The van der Waals surface area contributed by atoms with E-state index in [9.17, 15) is 4.79 Å². The van der Waals surface area contributed by atoms with Gasteiger partial charge in [-0.15, -0.1) is 0 Å². The summed E-state index contributed by atoms with van der Waals surface area (Å²) < 4.78 is 3.88. The minimum Gasteiger partial charge on any atom is -0.481 e. The van der Waals surface area contributed by atoms with E-state index in [1.54, 1.807) is 6.92 Å². The van der Waals surface area contributed by atoms with Crippen molar-refractivity contribution in [1.82, 2.24) is 9.36 Å². The predicted octanol–water partition coefficient (Wildman–Crippen LogP) is -0.0266. The first kappa shape index (κ1) is 9.08. The number of aromatic nitrogens is 2. The van der Waals surface area contributed by atoms with Crippen molar-refractivity contribution >= 4 is 17.5 Å². The number of nitrogens with two attached hydrogens (primary N) is 1. The molecule has 5 nitrogen and oxygen atoms in total. The number of aryl methyl sites for hydroxylation is 1. The molecule has 0 fully saturated rings. The Morgan fingerprint density at radius 3 is 2.83 bits per heavy atom. The SMILES string of the molecule is Cc1nsc(C(CN)C(=O)O)n1. The average molecular weight is 187 g/mol. The van der Waals surface area contributed by atoms with Crippen LogP contribution in [0.15, 0.2) is 0 Å². The first-order valence-corrected chi connectivity index (χ1v) is 4.15.